The number of pyridine rings is 1. The number of aryl methyl sites for hydroxylation is 1. The van der Waals surface area contributed by atoms with Gasteiger partial charge in [0.05, 0.1) is 28.8 Å². The average Bonchev–Trinajstić information content (AvgIpc) is 3.43. The van der Waals surface area contributed by atoms with E-state index in [2.05, 4.69) is 20.2 Å². The van der Waals surface area contributed by atoms with E-state index in [1.54, 1.807) is 15.7 Å². The van der Waals surface area contributed by atoms with Crippen molar-refractivity contribution in [3.8, 4) is 0 Å². The molecule has 1 aliphatic rings. The predicted molar refractivity (Wildman–Crippen MR) is 98.5 cm³/mol. The molecule has 0 aromatic carbocycles. The number of rotatable bonds is 3. The van der Waals surface area contributed by atoms with Crippen LogP contribution in [0, 0.1) is 0 Å². The molecule has 1 atom stereocenters. The summed E-state index contributed by atoms with van der Waals surface area (Å²) in [4.78, 5) is 22.4. The van der Waals surface area contributed by atoms with Gasteiger partial charge in [-0.05, 0) is 18.2 Å². The third kappa shape index (κ3) is 2.79. The Balaban J connectivity index is 1.62. The first-order valence-electron chi connectivity index (χ1n) is 9.12. The Bertz CT molecular complexity index is 1180. The van der Waals surface area contributed by atoms with Gasteiger partial charge in [0, 0.05) is 38.1 Å². The van der Waals surface area contributed by atoms with Crippen LogP contribution >= 0.6 is 0 Å². The first kappa shape index (κ1) is 17.5. The summed E-state index contributed by atoms with van der Waals surface area (Å²) in [7, 11) is 1.52. The Morgan fingerprint density at radius 2 is 2.17 bits per heavy atom. The van der Waals surface area contributed by atoms with E-state index in [4.69, 9.17) is 0 Å². The van der Waals surface area contributed by atoms with Crippen LogP contribution in [0.4, 0.5) is 8.78 Å². The molecular weight excluding hydrogens is 380 g/mol. The van der Waals surface area contributed by atoms with Gasteiger partial charge in [0.25, 0.3) is 12.3 Å². The van der Waals surface area contributed by atoms with E-state index < -0.39 is 24.1 Å². The van der Waals surface area contributed by atoms with Crippen molar-refractivity contribution in [2.75, 3.05) is 6.54 Å². The number of imidazole rings is 1. The van der Waals surface area contributed by atoms with Gasteiger partial charge in [-0.1, -0.05) is 6.07 Å². The smallest absolute Gasteiger partial charge is 0.282 e. The van der Waals surface area contributed by atoms with E-state index in [0.29, 0.717) is 24.4 Å². The molecule has 1 N–H and O–H groups in total. The summed E-state index contributed by atoms with van der Waals surface area (Å²) in [6, 6.07) is 6.97. The van der Waals surface area contributed by atoms with E-state index in [1.807, 2.05) is 30.5 Å². The van der Waals surface area contributed by atoms with Gasteiger partial charge in [0.1, 0.15) is 11.7 Å². The van der Waals surface area contributed by atoms with Crippen LogP contribution in [0.25, 0.3) is 5.52 Å². The van der Waals surface area contributed by atoms with Gasteiger partial charge in [0.2, 0.25) is 0 Å². The van der Waals surface area contributed by atoms with Crippen LogP contribution < -0.4 is 0 Å². The summed E-state index contributed by atoms with van der Waals surface area (Å²) >= 11 is 0. The maximum absolute atomic E-state index is 13.4. The lowest BCUT2D eigenvalue weighted by atomic mass is 9.98. The summed E-state index contributed by atoms with van der Waals surface area (Å²) < 4.78 is 29.8. The topological polar surface area (TPSA) is 84.1 Å². The number of fused-ring (bicyclic) bond motifs is 2. The fraction of sp³-hybridized carbons (Fsp3) is 0.263. The second-order valence-corrected chi connectivity index (χ2v) is 6.96. The zero-order chi connectivity index (χ0) is 20.1. The van der Waals surface area contributed by atoms with E-state index >= 15 is 0 Å². The summed E-state index contributed by atoms with van der Waals surface area (Å²) in [5.74, 6) is -0.510. The lowest BCUT2D eigenvalue weighted by Gasteiger charge is -2.33. The molecule has 29 heavy (non-hydrogen) atoms. The SMILES string of the molecule is Cn1cc(C(=O)N2CCc3[nH]cnc3[C@@H]2c2cc3ccccn3n2)c(C(F)F)n1. The Morgan fingerprint density at radius 1 is 1.31 bits per heavy atom. The number of aromatic amines is 1. The maximum atomic E-state index is 13.4. The highest BCUT2D eigenvalue weighted by molar-refractivity contribution is 5.96. The highest BCUT2D eigenvalue weighted by Gasteiger charge is 2.38. The first-order chi connectivity index (χ1) is 14.0. The number of amides is 1. The van der Waals surface area contributed by atoms with Crippen molar-refractivity contribution in [2.24, 2.45) is 7.05 Å². The number of carbonyl (C=O) groups excluding carboxylic acids is 1. The molecule has 0 saturated carbocycles. The molecule has 0 aliphatic carbocycles. The molecule has 1 amide bonds. The van der Waals surface area contributed by atoms with Gasteiger partial charge >= 0.3 is 0 Å². The highest BCUT2D eigenvalue weighted by atomic mass is 19.3. The second-order valence-electron chi connectivity index (χ2n) is 6.96. The number of nitrogens with zero attached hydrogens (tertiary/aromatic N) is 6. The van der Waals surface area contributed by atoms with E-state index in [9.17, 15) is 13.6 Å². The number of hydrogen-bond donors (Lipinski definition) is 1. The minimum atomic E-state index is -2.84. The fourth-order valence-electron chi connectivity index (χ4n) is 3.87. The Hall–Kier alpha value is -3.56. The molecule has 5 rings (SSSR count). The van der Waals surface area contributed by atoms with Gasteiger partial charge in [-0.25, -0.2) is 18.3 Å². The molecule has 1 aliphatic heterocycles. The molecule has 10 heteroatoms. The van der Waals surface area contributed by atoms with Crippen molar-refractivity contribution in [2.45, 2.75) is 18.9 Å². The zero-order valence-electron chi connectivity index (χ0n) is 15.5. The molecule has 148 valence electrons. The minimum absolute atomic E-state index is 0.102. The maximum Gasteiger partial charge on any atom is 0.282 e. The second kappa shape index (κ2) is 6.50. The van der Waals surface area contributed by atoms with Crippen molar-refractivity contribution in [3.05, 3.63) is 71.3 Å². The predicted octanol–water partition coefficient (Wildman–Crippen LogP) is 2.52. The molecule has 0 bridgehead atoms. The number of H-pyrrole nitrogens is 1. The van der Waals surface area contributed by atoms with Gasteiger partial charge in [-0.15, -0.1) is 0 Å². The van der Waals surface area contributed by atoms with Crippen LogP contribution in [0.2, 0.25) is 0 Å². The van der Waals surface area contributed by atoms with Crippen molar-refractivity contribution in [3.63, 3.8) is 0 Å². The average molecular weight is 397 g/mol. The molecule has 0 radical (unpaired) electrons. The number of alkyl halides is 2. The van der Waals surface area contributed by atoms with Gasteiger partial charge in [0.15, 0.2) is 0 Å². The number of halogens is 2. The Labute approximate surface area is 163 Å². The van der Waals surface area contributed by atoms with Crippen molar-refractivity contribution in [1.82, 2.24) is 34.3 Å². The van der Waals surface area contributed by atoms with Crippen molar-refractivity contribution < 1.29 is 13.6 Å². The van der Waals surface area contributed by atoms with Crippen LogP contribution in [-0.2, 0) is 13.5 Å². The third-order valence-electron chi connectivity index (χ3n) is 5.15. The number of carbonyl (C=O) groups is 1. The van der Waals surface area contributed by atoms with E-state index in [0.717, 1.165) is 11.2 Å². The molecule has 8 nitrogen and oxygen atoms in total. The molecule has 0 unspecified atom stereocenters. The van der Waals surface area contributed by atoms with Crippen molar-refractivity contribution >= 4 is 11.4 Å². The zero-order valence-corrected chi connectivity index (χ0v) is 15.5. The van der Waals surface area contributed by atoms with Crippen LogP contribution in [0.3, 0.4) is 0 Å². The van der Waals surface area contributed by atoms with Crippen LogP contribution in [0.1, 0.15) is 45.6 Å². The van der Waals surface area contributed by atoms with E-state index in [-0.39, 0.29) is 5.56 Å². The van der Waals surface area contributed by atoms with Gasteiger partial charge < -0.3 is 9.88 Å². The number of nitrogens with one attached hydrogen (secondary N) is 1. The lowest BCUT2D eigenvalue weighted by Crippen LogP contribution is -2.41. The highest BCUT2D eigenvalue weighted by Crippen LogP contribution is 2.35. The molecule has 0 fully saturated rings. The van der Waals surface area contributed by atoms with Crippen LogP contribution in [-0.4, -0.2) is 46.7 Å². The van der Waals surface area contributed by atoms with E-state index in [1.165, 1.54) is 17.9 Å². The lowest BCUT2D eigenvalue weighted by molar-refractivity contribution is 0.0675. The molecule has 4 aromatic heterocycles. The standard InChI is InChI=1S/C19H17F2N7O/c1-26-9-12(15(25-26)18(20)21)19(29)27-7-5-13-16(23-10-22-13)17(27)14-8-11-4-2-3-6-28(11)24-14/h2-4,6,8-10,17-18H,5,7H2,1H3,(H,22,23)/t17-/m0/s1. The number of aromatic nitrogens is 6. The minimum Gasteiger partial charge on any atom is -0.348 e. The fourth-order valence-corrected chi connectivity index (χ4v) is 3.87. The summed E-state index contributed by atoms with van der Waals surface area (Å²) in [5.41, 5.74) is 2.47. The quantitative estimate of drug-likeness (QED) is 0.576. The van der Waals surface area contributed by atoms with Gasteiger partial charge in [-0.3, -0.25) is 9.48 Å². The Morgan fingerprint density at radius 3 is 2.97 bits per heavy atom. The third-order valence-corrected chi connectivity index (χ3v) is 5.15. The molecule has 5 heterocycles. The summed E-state index contributed by atoms with van der Waals surface area (Å²) in [5, 5.41) is 8.37. The molecule has 4 aromatic rings. The molecule has 0 spiro atoms. The monoisotopic (exact) mass is 397 g/mol. The normalized spacial score (nSPS) is 16.6. The molecule has 0 saturated heterocycles. The summed E-state index contributed by atoms with van der Waals surface area (Å²) in [6.07, 6.45) is 2.44. The first-order valence-corrected chi connectivity index (χ1v) is 9.12. The Kier molecular flexibility index (Phi) is 3.93. The summed E-state index contributed by atoms with van der Waals surface area (Å²) in [6.45, 7) is 0.351. The largest absolute Gasteiger partial charge is 0.348 e. The van der Waals surface area contributed by atoms with Crippen LogP contribution in [0.5, 0.6) is 0 Å². The van der Waals surface area contributed by atoms with Crippen LogP contribution in [0.15, 0.2) is 43.0 Å². The van der Waals surface area contributed by atoms with Crippen molar-refractivity contribution in [1.29, 1.82) is 0 Å². The molecular formula is C19H17F2N7O. The number of hydrogen-bond acceptors (Lipinski definition) is 4. The van der Waals surface area contributed by atoms with Gasteiger partial charge in [-0.2, -0.15) is 10.2 Å².